The van der Waals surface area contributed by atoms with Crippen LogP contribution < -0.4 is 5.32 Å². The summed E-state index contributed by atoms with van der Waals surface area (Å²) in [6.07, 6.45) is 2.39. The molecule has 20 heavy (non-hydrogen) atoms. The van der Waals surface area contributed by atoms with Gasteiger partial charge in [0.1, 0.15) is 5.82 Å². The maximum atomic E-state index is 13.2. The Morgan fingerprint density at radius 2 is 1.90 bits per heavy atom. The fourth-order valence-corrected chi connectivity index (χ4v) is 2.85. The van der Waals surface area contributed by atoms with Crippen LogP contribution >= 0.6 is 15.9 Å². The van der Waals surface area contributed by atoms with Crippen molar-refractivity contribution in [2.24, 2.45) is 5.92 Å². The minimum absolute atomic E-state index is 0.0479. The second-order valence-corrected chi connectivity index (χ2v) is 5.84. The highest BCUT2D eigenvalue weighted by Crippen LogP contribution is 2.25. The van der Waals surface area contributed by atoms with Crippen LogP contribution in [0.3, 0.4) is 0 Å². The SMILES string of the molecule is O=C(NC1CCC(C(=O)O)CC1)c1cc(F)ccc1Br. The molecule has 1 aromatic carbocycles. The average Bonchev–Trinajstić information content (AvgIpc) is 2.42. The zero-order valence-electron chi connectivity index (χ0n) is 10.7. The Kier molecular flexibility index (Phi) is 4.75. The number of carboxylic acid groups (broad SMARTS) is 1. The van der Waals surface area contributed by atoms with E-state index in [2.05, 4.69) is 21.2 Å². The second-order valence-electron chi connectivity index (χ2n) is 4.98. The van der Waals surface area contributed by atoms with E-state index in [-0.39, 0.29) is 23.4 Å². The Bertz CT molecular complexity index is 527. The summed E-state index contributed by atoms with van der Waals surface area (Å²) in [6.45, 7) is 0. The maximum absolute atomic E-state index is 13.2. The number of nitrogens with one attached hydrogen (secondary N) is 1. The molecule has 4 nitrogen and oxygen atoms in total. The van der Waals surface area contributed by atoms with Crippen molar-refractivity contribution in [3.63, 3.8) is 0 Å². The number of rotatable bonds is 3. The molecular formula is C14H15BrFNO3. The van der Waals surface area contributed by atoms with Gasteiger partial charge >= 0.3 is 5.97 Å². The maximum Gasteiger partial charge on any atom is 0.306 e. The molecule has 0 bridgehead atoms. The molecule has 1 aliphatic carbocycles. The van der Waals surface area contributed by atoms with Gasteiger partial charge in [0.2, 0.25) is 0 Å². The molecular weight excluding hydrogens is 329 g/mol. The smallest absolute Gasteiger partial charge is 0.306 e. The monoisotopic (exact) mass is 343 g/mol. The highest BCUT2D eigenvalue weighted by Gasteiger charge is 2.27. The molecule has 0 radical (unpaired) electrons. The van der Waals surface area contributed by atoms with Gasteiger partial charge in [-0.2, -0.15) is 0 Å². The molecule has 0 unspecified atom stereocenters. The fraction of sp³-hybridized carbons (Fsp3) is 0.429. The van der Waals surface area contributed by atoms with Crippen LogP contribution in [0.25, 0.3) is 0 Å². The first kappa shape index (κ1) is 15.0. The van der Waals surface area contributed by atoms with Gasteiger partial charge in [-0.15, -0.1) is 0 Å². The molecule has 0 heterocycles. The van der Waals surface area contributed by atoms with Crippen LogP contribution in [0.4, 0.5) is 4.39 Å². The molecule has 0 aromatic heterocycles. The van der Waals surface area contributed by atoms with E-state index in [4.69, 9.17) is 5.11 Å². The molecule has 0 aliphatic heterocycles. The lowest BCUT2D eigenvalue weighted by Gasteiger charge is -2.26. The number of amides is 1. The third-order valence-electron chi connectivity index (χ3n) is 3.58. The van der Waals surface area contributed by atoms with E-state index in [1.165, 1.54) is 18.2 Å². The van der Waals surface area contributed by atoms with Crippen LogP contribution in [0.5, 0.6) is 0 Å². The highest BCUT2D eigenvalue weighted by atomic mass is 79.9. The molecule has 6 heteroatoms. The minimum Gasteiger partial charge on any atom is -0.481 e. The summed E-state index contributed by atoms with van der Waals surface area (Å²) in [7, 11) is 0. The van der Waals surface area contributed by atoms with E-state index in [0.717, 1.165) is 0 Å². The predicted molar refractivity (Wildman–Crippen MR) is 74.9 cm³/mol. The first-order valence-electron chi connectivity index (χ1n) is 6.46. The van der Waals surface area contributed by atoms with E-state index in [1.54, 1.807) is 0 Å². The quantitative estimate of drug-likeness (QED) is 0.886. The van der Waals surface area contributed by atoms with Gasteiger partial charge in [0.05, 0.1) is 11.5 Å². The zero-order chi connectivity index (χ0) is 14.7. The third kappa shape index (κ3) is 3.56. The van der Waals surface area contributed by atoms with Crippen molar-refractivity contribution in [1.82, 2.24) is 5.32 Å². The zero-order valence-corrected chi connectivity index (χ0v) is 12.3. The number of hydrogen-bond acceptors (Lipinski definition) is 2. The minimum atomic E-state index is -0.775. The Hall–Kier alpha value is -1.43. The van der Waals surface area contributed by atoms with Crippen molar-refractivity contribution in [2.45, 2.75) is 31.7 Å². The number of carbonyl (C=O) groups excluding carboxylic acids is 1. The van der Waals surface area contributed by atoms with E-state index in [1.807, 2.05) is 0 Å². The molecule has 2 N–H and O–H groups in total. The molecule has 1 amide bonds. The van der Waals surface area contributed by atoms with E-state index in [0.29, 0.717) is 30.2 Å². The average molecular weight is 344 g/mol. The summed E-state index contributed by atoms with van der Waals surface area (Å²) in [5, 5.41) is 11.8. The van der Waals surface area contributed by atoms with Crippen LogP contribution in [-0.2, 0) is 4.79 Å². The molecule has 1 saturated carbocycles. The van der Waals surface area contributed by atoms with E-state index in [9.17, 15) is 14.0 Å². The number of aliphatic carboxylic acids is 1. The van der Waals surface area contributed by atoms with Crippen LogP contribution in [0.2, 0.25) is 0 Å². The summed E-state index contributed by atoms with van der Waals surface area (Å²) in [5.74, 6) is -1.89. The molecule has 2 rings (SSSR count). The lowest BCUT2D eigenvalue weighted by atomic mass is 9.86. The van der Waals surface area contributed by atoms with Crippen molar-refractivity contribution in [2.75, 3.05) is 0 Å². The van der Waals surface area contributed by atoms with Gasteiger partial charge < -0.3 is 10.4 Å². The van der Waals surface area contributed by atoms with Crippen molar-refractivity contribution < 1.29 is 19.1 Å². The summed E-state index contributed by atoms with van der Waals surface area (Å²) in [6, 6.07) is 3.90. The van der Waals surface area contributed by atoms with Gasteiger partial charge in [0.15, 0.2) is 0 Å². The van der Waals surface area contributed by atoms with Gasteiger partial charge in [-0.1, -0.05) is 0 Å². The van der Waals surface area contributed by atoms with Crippen molar-refractivity contribution >= 4 is 27.8 Å². The number of carbonyl (C=O) groups is 2. The van der Waals surface area contributed by atoms with Gasteiger partial charge in [-0.05, 0) is 59.8 Å². The molecule has 0 spiro atoms. The fourth-order valence-electron chi connectivity index (χ4n) is 2.42. The predicted octanol–water partition coefficient (Wildman–Crippen LogP) is 2.96. The largest absolute Gasteiger partial charge is 0.481 e. The molecule has 1 aliphatic rings. The van der Waals surface area contributed by atoms with Crippen LogP contribution in [0.1, 0.15) is 36.0 Å². The first-order valence-corrected chi connectivity index (χ1v) is 7.25. The summed E-state index contributed by atoms with van der Waals surface area (Å²) in [5.41, 5.74) is 0.255. The molecule has 108 valence electrons. The van der Waals surface area contributed by atoms with Gasteiger partial charge in [0.25, 0.3) is 5.91 Å². The lowest BCUT2D eigenvalue weighted by Crippen LogP contribution is -2.38. The highest BCUT2D eigenvalue weighted by molar-refractivity contribution is 9.10. The molecule has 1 fully saturated rings. The normalized spacial score (nSPS) is 22.3. The molecule has 0 atom stereocenters. The topological polar surface area (TPSA) is 66.4 Å². The van der Waals surface area contributed by atoms with Gasteiger partial charge in [0, 0.05) is 10.5 Å². The molecule has 0 saturated heterocycles. The lowest BCUT2D eigenvalue weighted by molar-refractivity contribution is -0.142. The first-order chi connectivity index (χ1) is 9.47. The van der Waals surface area contributed by atoms with Crippen LogP contribution in [0.15, 0.2) is 22.7 Å². The van der Waals surface area contributed by atoms with Crippen LogP contribution in [-0.4, -0.2) is 23.0 Å². The summed E-state index contributed by atoms with van der Waals surface area (Å²) in [4.78, 5) is 22.9. The summed E-state index contributed by atoms with van der Waals surface area (Å²) >= 11 is 3.22. The van der Waals surface area contributed by atoms with Crippen molar-refractivity contribution in [3.8, 4) is 0 Å². The Morgan fingerprint density at radius 1 is 1.25 bits per heavy atom. The third-order valence-corrected chi connectivity index (χ3v) is 4.28. The summed E-state index contributed by atoms with van der Waals surface area (Å²) < 4.78 is 13.7. The van der Waals surface area contributed by atoms with E-state index >= 15 is 0 Å². The van der Waals surface area contributed by atoms with E-state index < -0.39 is 11.8 Å². The number of halogens is 2. The Balaban J connectivity index is 1.96. The second kappa shape index (κ2) is 6.35. The number of carboxylic acids is 1. The number of hydrogen-bond donors (Lipinski definition) is 2. The van der Waals surface area contributed by atoms with Crippen LogP contribution in [0, 0.1) is 11.7 Å². The van der Waals surface area contributed by atoms with Gasteiger partial charge in [-0.25, -0.2) is 4.39 Å². The molecule has 1 aromatic rings. The van der Waals surface area contributed by atoms with Gasteiger partial charge in [-0.3, -0.25) is 9.59 Å². The Labute approximate surface area is 124 Å². The van der Waals surface area contributed by atoms with Crippen molar-refractivity contribution in [3.05, 3.63) is 34.1 Å². The number of benzene rings is 1. The Morgan fingerprint density at radius 3 is 2.50 bits per heavy atom. The van der Waals surface area contributed by atoms with Crippen molar-refractivity contribution in [1.29, 1.82) is 0 Å². The standard InChI is InChI=1S/C14H15BrFNO3/c15-12-6-3-9(16)7-11(12)13(18)17-10-4-1-8(2-5-10)14(19)20/h3,6-8,10H,1-2,4-5H2,(H,17,18)(H,19,20).